The molecule has 0 unspecified atom stereocenters. The maximum Gasteiger partial charge on any atom is 0.214 e. The van der Waals surface area contributed by atoms with E-state index in [1.165, 1.54) is 11.8 Å². The van der Waals surface area contributed by atoms with E-state index < -0.39 is 0 Å². The summed E-state index contributed by atoms with van der Waals surface area (Å²) in [6.07, 6.45) is 1.69. The summed E-state index contributed by atoms with van der Waals surface area (Å²) in [6.45, 7) is 0. The molecule has 0 saturated heterocycles. The Bertz CT molecular complexity index is 713. The molecule has 7 nitrogen and oxygen atoms in total. The van der Waals surface area contributed by atoms with E-state index >= 15 is 0 Å². The zero-order valence-electron chi connectivity index (χ0n) is 11.0. The summed E-state index contributed by atoms with van der Waals surface area (Å²) >= 11 is 1.52. The number of aromatic nitrogens is 5. The summed E-state index contributed by atoms with van der Waals surface area (Å²) in [5.41, 5.74) is 4.51. The molecule has 21 heavy (non-hydrogen) atoms. The molecule has 0 saturated carbocycles. The van der Waals surface area contributed by atoms with Crippen LogP contribution in [0.15, 0.2) is 53.8 Å². The van der Waals surface area contributed by atoms with Crippen LogP contribution in [-0.4, -0.2) is 25.2 Å². The highest BCUT2D eigenvalue weighted by Crippen LogP contribution is 2.24. The number of pyridine rings is 1. The Hall–Kier alpha value is -2.45. The number of tetrazole rings is 1. The van der Waals surface area contributed by atoms with Gasteiger partial charge in [-0.15, -0.1) is 5.10 Å². The van der Waals surface area contributed by atoms with E-state index in [1.54, 1.807) is 10.9 Å². The first kappa shape index (κ1) is 13.5. The lowest BCUT2D eigenvalue weighted by molar-refractivity contribution is 0.756. The molecule has 0 bridgehead atoms. The Morgan fingerprint density at radius 1 is 1.14 bits per heavy atom. The van der Waals surface area contributed by atoms with E-state index in [1.807, 2.05) is 42.5 Å². The fraction of sp³-hybridized carbons (Fsp3) is 0.0769. The Kier molecular flexibility index (Phi) is 4.08. The molecule has 8 heteroatoms. The third-order valence-corrected chi connectivity index (χ3v) is 3.79. The second-order valence-corrected chi connectivity index (χ2v) is 5.10. The average molecular weight is 299 g/mol. The molecule has 2 heterocycles. The van der Waals surface area contributed by atoms with Crippen molar-refractivity contribution in [3.63, 3.8) is 0 Å². The summed E-state index contributed by atoms with van der Waals surface area (Å²) in [5.74, 6) is 6.78. The van der Waals surface area contributed by atoms with Gasteiger partial charge in [-0.2, -0.15) is 4.68 Å². The molecule has 3 N–H and O–H groups in total. The topological polar surface area (TPSA) is 94.5 Å². The van der Waals surface area contributed by atoms with Crippen LogP contribution in [-0.2, 0) is 5.75 Å². The van der Waals surface area contributed by atoms with E-state index in [4.69, 9.17) is 5.84 Å². The summed E-state index contributed by atoms with van der Waals surface area (Å²) < 4.78 is 1.70. The minimum atomic E-state index is 0.656. The van der Waals surface area contributed by atoms with Crippen LogP contribution in [0.1, 0.15) is 5.56 Å². The molecule has 106 valence electrons. The number of para-hydroxylation sites is 1. The number of benzene rings is 1. The number of hydrazine groups is 1. The Morgan fingerprint density at radius 3 is 2.81 bits per heavy atom. The lowest BCUT2D eigenvalue weighted by atomic mass is 10.3. The second-order valence-electron chi connectivity index (χ2n) is 4.15. The normalized spacial score (nSPS) is 10.5. The van der Waals surface area contributed by atoms with Gasteiger partial charge in [0.1, 0.15) is 5.82 Å². The monoisotopic (exact) mass is 299 g/mol. The summed E-state index contributed by atoms with van der Waals surface area (Å²) in [4.78, 5) is 4.17. The van der Waals surface area contributed by atoms with Crippen LogP contribution in [0.3, 0.4) is 0 Å². The maximum absolute atomic E-state index is 5.45. The highest BCUT2D eigenvalue weighted by molar-refractivity contribution is 7.98. The SMILES string of the molecule is NNc1ncccc1CSc1nnnn1-c1ccccc1. The van der Waals surface area contributed by atoms with Gasteiger partial charge in [-0.3, -0.25) is 0 Å². The molecule has 2 aromatic heterocycles. The average Bonchev–Trinajstić information content (AvgIpc) is 3.02. The first-order valence-corrected chi connectivity index (χ1v) is 7.24. The molecule has 0 aliphatic heterocycles. The van der Waals surface area contributed by atoms with Crippen LogP contribution >= 0.6 is 11.8 Å². The Balaban J connectivity index is 1.79. The molecule has 1 aromatic carbocycles. The molecule has 0 spiro atoms. The fourth-order valence-electron chi connectivity index (χ4n) is 1.83. The van der Waals surface area contributed by atoms with E-state index in [-0.39, 0.29) is 0 Å². The zero-order valence-corrected chi connectivity index (χ0v) is 11.9. The second kappa shape index (κ2) is 6.33. The van der Waals surface area contributed by atoms with Crippen LogP contribution < -0.4 is 11.3 Å². The van der Waals surface area contributed by atoms with E-state index in [2.05, 4.69) is 25.9 Å². The highest BCUT2D eigenvalue weighted by Gasteiger charge is 2.10. The summed E-state index contributed by atoms with van der Waals surface area (Å²) in [7, 11) is 0. The number of anilines is 1. The van der Waals surface area contributed by atoms with Crippen molar-refractivity contribution < 1.29 is 0 Å². The van der Waals surface area contributed by atoms with E-state index in [0.717, 1.165) is 11.3 Å². The molecule has 0 radical (unpaired) electrons. The summed E-state index contributed by atoms with van der Waals surface area (Å²) in [6, 6.07) is 13.6. The standard InChI is InChI=1S/C13H13N7S/c14-16-12-10(5-4-8-15-12)9-21-13-17-18-19-20(13)11-6-2-1-3-7-11/h1-8H,9,14H2,(H,15,16). The molecular weight excluding hydrogens is 286 g/mol. The Labute approximate surface area is 125 Å². The molecule has 0 atom stereocenters. The number of rotatable bonds is 5. The fourth-order valence-corrected chi connectivity index (χ4v) is 2.70. The smallest absolute Gasteiger partial charge is 0.214 e. The minimum absolute atomic E-state index is 0.656. The van der Waals surface area contributed by atoms with Crippen molar-refractivity contribution in [2.24, 2.45) is 5.84 Å². The number of nitrogens with one attached hydrogen (secondary N) is 1. The molecular formula is C13H13N7S. The van der Waals surface area contributed by atoms with Crippen LogP contribution in [0.4, 0.5) is 5.82 Å². The van der Waals surface area contributed by atoms with Crippen LogP contribution in [0.5, 0.6) is 0 Å². The predicted octanol–water partition coefficient (Wildman–Crippen LogP) is 1.64. The van der Waals surface area contributed by atoms with Crippen molar-refractivity contribution in [1.82, 2.24) is 25.2 Å². The maximum atomic E-state index is 5.45. The van der Waals surface area contributed by atoms with E-state index in [0.29, 0.717) is 16.7 Å². The zero-order chi connectivity index (χ0) is 14.5. The van der Waals surface area contributed by atoms with Crippen molar-refractivity contribution in [2.45, 2.75) is 10.9 Å². The van der Waals surface area contributed by atoms with Crippen molar-refractivity contribution in [2.75, 3.05) is 5.43 Å². The lowest BCUT2D eigenvalue weighted by Gasteiger charge is -2.07. The molecule has 0 amide bonds. The number of hydrogen-bond acceptors (Lipinski definition) is 7. The number of nitrogens with two attached hydrogens (primary N) is 1. The van der Waals surface area contributed by atoms with Crippen LogP contribution in [0, 0.1) is 0 Å². The lowest BCUT2D eigenvalue weighted by Crippen LogP contribution is -2.10. The van der Waals surface area contributed by atoms with Crippen LogP contribution in [0.2, 0.25) is 0 Å². The quantitative estimate of drug-likeness (QED) is 0.420. The van der Waals surface area contributed by atoms with Crippen molar-refractivity contribution in [3.05, 3.63) is 54.2 Å². The number of nitrogens with zero attached hydrogens (tertiary/aromatic N) is 5. The largest absolute Gasteiger partial charge is 0.308 e. The molecule has 3 aromatic rings. The van der Waals surface area contributed by atoms with Gasteiger partial charge in [-0.1, -0.05) is 36.0 Å². The number of thioether (sulfide) groups is 1. The van der Waals surface area contributed by atoms with Crippen LogP contribution in [0.25, 0.3) is 5.69 Å². The van der Waals surface area contributed by atoms with Gasteiger partial charge in [0.25, 0.3) is 0 Å². The number of nitrogen functional groups attached to an aromatic ring is 1. The first-order chi connectivity index (χ1) is 10.4. The Morgan fingerprint density at radius 2 is 2.00 bits per heavy atom. The van der Waals surface area contributed by atoms with Gasteiger partial charge in [0.15, 0.2) is 0 Å². The van der Waals surface area contributed by atoms with E-state index in [9.17, 15) is 0 Å². The molecule has 3 rings (SSSR count). The minimum Gasteiger partial charge on any atom is -0.308 e. The van der Waals surface area contributed by atoms with Gasteiger partial charge < -0.3 is 5.43 Å². The van der Waals surface area contributed by atoms with Gasteiger partial charge >= 0.3 is 0 Å². The molecule has 0 aliphatic rings. The van der Waals surface area contributed by atoms with Gasteiger partial charge in [-0.05, 0) is 28.6 Å². The third kappa shape index (κ3) is 3.01. The van der Waals surface area contributed by atoms with Crippen molar-refractivity contribution in [3.8, 4) is 5.69 Å². The number of hydrogen-bond donors (Lipinski definition) is 2. The first-order valence-electron chi connectivity index (χ1n) is 6.25. The van der Waals surface area contributed by atoms with Gasteiger partial charge in [-0.25, -0.2) is 10.8 Å². The van der Waals surface area contributed by atoms with Gasteiger partial charge in [0, 0.05) is 17.5 Å². The van der Waals surface area contributed by atoms with Crippen molar-refractivity contribution in [1.29, 1.82) is 0 Å². The molecule has 0 fully saturated rings. The van der Waals surface area contributed by atoms with Gasteiger partial charge in [0.2, 0.25) is 5.16 Å². The summed E-state index contributed by atoms with van der Waals surface area (Å²) in [5, 5.41) is 12.5. The molecule has 0 aliphatic carbocycles. The third-order valence-electron chi connectivity index (χ3n) is 2.83. The van der Waals surface area contributed by atoms with Crippen molar-refractivity contribution >= 4 is 17.6 Å². The van der Waals surface area contributed by atoms with Gasteiger partial charge in [0.05, 0.1) is 5.69 Å². The predicted molar refractivity (Wildman–Crippen MR) is 80.8 cm³/mol. The highest BCUT2D eigenvalue weighted by atomic mass is 32.2.